The molecule has 23 heavy (non-hydrogen) atoms. The third-order valence-electron chi connectivity index (χ3n) is 4.23. The maximum absolute atomic E-state index is 12.7. The van der Waals surface area contributed by atoms with Crippen LogP contribution in [0, 0.1) is 0 Å². The molecular formula is C16H23NO5S. The molecule has 2 aliphatic heterocycles. The Morgan fingerprint density at radius 3 is 2.30 bits per heavy atom. The molecule has 6 nitrogen and oxygen atoms in total. The summed E-state index contributed by atoms with van der Waals surface area (Å²) in [5, 5.41) is 0. The average Bonchev–Trinajstić information content (AvgIpc) is 3.02. The molecule has 0 aliphatic carbocycles. The number of benzene rings is 1. The van der Waals surface area contributed by atoms with E-state index in [2.05, 4.69) is 0 Å². The van der Waals surface area contributed by atoms with Crippen molar-refractivity contribution in [3.8, 4) is 5.75 Å². The van der Waals surface area contributed by atoms with Crippen LogP contribution in [0.1, 0.15) is 26.2 Å². The van der Waals surface area contributed by atoms with Gasteiger partial charge in [-0.05, 0) is 30.7 Å². The Hall–Kier alpha value is -1.15. The topological polar surface area (TPSA) is 65.1 Å². The van der Waals surface area contributed by atoms with Crippen LogP contribution >= 0.6 is 0 Å². The minimum atomic E-state index is -3.48. The first-order chi connectivity index (χ1) is 11.1. The fourth-order valence-electron chi connectivity index (χ4n) is 2.93. The number of rotatable bonds is 5. The molecule has 1 aromatic carbocycles. The molecule has 2 heterocycles. The van der Waals surface area contributed by atoms with E-state index in [9.17, 15) is 8.42 Å². The number of ether oxygens (including phenoxy) is 3. The average molecular weight is 341 g/mol. The molecule has 0 saturated carbocycles. The minimum Gasteiger partial charge on any atom is -0.494 e. The van der Waals surface area contributed by atoms with Crippen LogP contribution in [0.3, 0.4) is 0 Å². The summed E-state index contributed by atoms with van der Waals surface area (Å²) >= 11 is 0. The molecule has 0 atom stereocenters. The molecule has 1 spiro atoms. The van der Waals surface area contributed by atoms with E-state index in [1.165, 1.54) is 4.31 Å². The number of hydrogen-bond donors (Lipinski definition) is 0. The molecule has 0 unspecified atom stereocenters. The SMILES string of the molecule is CCCOc1ccc(S(=O)(=O)N2CCC3(CC2)OCCO3)cc1. The first-order valence-corrected chi connectivity index (χ1v) is 9.51. The van der Waals surface area contributed by atoms with Crippen LogP contribution in [0.4, 0.5) is 0 Å². The van der Waals surface area contributed by atoms with Crippen molar-refractivity contribution in [1.82, 2.24) is 4.31 Å². The Labute approximate surface area is 137 Å². The monoisotopic (exact) mass is 341 g/mol. The Morgan fingerprint density at radius 1 is 1.13 bits per heavy atom. The van der Waals surface area contributed by atoms with Gasteiger partial charge in [0.1, 0.15) is 5.75 Å². The summed E-state index contributed by atoms with van der Waals surface area (Å²) in [5.74, 6) is 0.125. The summed E-state index contributed by atoms with van der Waals surface area (Å²) in [5.41, 5.74) is 0. The van der Waals surface area contributed by atoms with Gasteiger partial charge >= 0.3 is 0 Å². The van der Waals surface area contributed by atoms with Gasteiger partial charge < -0.3 is 14.2 Å². The number of sulfonamides is 1. The van der Waals surface area contributed by atoms with Crippen molar-refractivity contribution in [3.63, 3.8) is 0 Å². The van der Waals surface area contributed by atoms with Gasteiger partial charge in [0.15, 0.2) is 5.79 Å². The lowest BCUT2D eigenvalue weighted by atomic mass is 10.1. The van der Waals surface area contributed by atoms with Crippen molar-refractivity contribution in [2.75, 3.05) is 32.9 Å². The molecule has 2 aliphatic rings. The van der Waals surface area contributed by atoms with Crippen LogP contribution < -0.4 is 4.74 Å². The fourth-order valence-corrected chi connectivity index (χ4v) is 4.37. The zero-order valence-electron chi connectivity index (χ0n) is 13.4. The first-order valence-electron chi connectivity index (χ1n) is 8.07. The molecule has 7 heteroatoms. The Morgan fingerprint density at radius 2 is 1.74 bits per heavy atom. The Kier molecular flexibility index (Phi) is 4.91. The largest absolute Gasteiger partial charge is 0.494 e. The lowest BCUT2D eigenvalue weighted by Crippen LogP contribution is -2.47. The van der Waals surface area contributed by atoms with Gasteiger partial charge in [0.25, 0.3) is 0 Å². The molecule has 2 fully saturated rings. The van der Waals surface area contributed by atoms with E-state index >= 15 is 0 Å². The molecule has 0 bridgehead atoms. The predicted octanol–water partition coefficient (Wildman–Crippen LogP) is 2.00. The van der Waals surface area contributed by atoms with E-state index in [4.69, 9.17) is 14.2 Å². The van der Waals surface area contributed by atoms with Crippen molar-refractivity contribution in [1.29, 1.82) is 0 Å². The van der Waals surface area contributed by atoms with Gasteiger partial charge in [-0.3, -0.25) is 0 Å². The molecule has 3 rings (SSSR count). The molecule has 0 aromatic heterocycles. The highest BCUT2D eigenvalue weighted by atomic mass is 32.2. The van der Waals surface area contributed by atoms with Gasteiger partial charge in [-0.25, -0.2) is 8.42 Å². The number of nitrogens with zero attached hydrogens (tertiary/aromatic N) is 1. The Bertz CT molecular complexity index is 612. The second kappa shape index (κ2) is 6.76. The van der Waals surface area contributed by atoms with Crippen molar-refractivity contribution >= 4 is 10.0 Å². The summed E-state index contributed by atoms with van der Waals surface area (Å²) in [6.07, 6.45) is 2.06. The zero-order chi connectivity index (χ0) is 16.3. The van der Waals surface area contributed by atoms with Gasteiger partial charge in [-0.2, -0.15) is 4.31 Å². The fraction of sp³-hybridized carbons (Fsp3) is 0.625. The van der Waals surface area contributed by atoms with Crippen LogP contribution in [0.2, 0.25) is 0 Å². The molecule has 0 amide bonds. The van der Waals surface area contributed by atoms with E-state index in [0.29, 0.717) is 56.4 Å². The van der Waals surface area contributed by atoms with Crippen LogP contribution in [-0.4, -0.2) is 51.4 Å². The predicted molar refractivity (Wildman–Crippen MR) is 84.9 cm³/mol. The van der Waals surface area contributed by atoms with Crippen LogP contribution in [-0.2, 0) is 19.5 Å². The summed E-state index contributed by atoms with van der Waals surface area (Å²) in [7, 11) is -3.48. The van der Waals surface area contributed by atoms with E-state index in [-0.39, 0.29) is 0 Å². The van der Waals surface area contributed by atoms with E-state index in [1.54, 1.807) is 24.3 Å². The standard InChI is InChI=1S/C16H23NO5S/c1-2-11-20-14-3-5-15(6-4-14)23(18,19)17-9-7-16(8-10-17)21-12-13-22-16/h3-6H,2,7-13H2,1H3. The quantitative estimate of drug-likeness (QED) is 0.820. The van der Waals surface area contributed by atoms with Crippen LogP contribution in [0.5, 0.6) is 5.75 Å². The highest BCUT2D eigenvalue weighted by molar-refractivity contribution is 7.89. The molecule has 0 radical (unpaired) electrons. The van der Waals surface area contributed by atoms with Gasteiger partial charge in [0, 0.05) is 25.9 Å². The zero-order valence-corrected chi connectivity index (χ0v) is 14.2. The molecule has 128 valence electrons. The maximum atomic E-state index is 12.7. The van der Waals surface area contributed by atoms with Crippen molar-refractivity contribution in [2.24, 2.45) is 0 Å². The summed E-state index contributed by atoms with van der Waals surface area (Å²) in [4.78, 5) is 0.297. The van der Waals surface area contributed by atoms with Crippen LogP contribution in [0.25, 0.3) is 0 Å². The van der Waals surface area contributed by atoms with Crippen molar-refractivity contribution < 1.29 is 22.6 Å². The lowest BCUT2D eigenvalue weighted by Gasteiger charge is -2.36. The highest BCUT2D eigenvalue weighted by Crippen LogP contribution is 2.33. The number of hydrogen-bond acceptors (Lipinski definition) is 5. The highest BCUT2D eigenvalue weighted by Gasteiger charge is 2.42. The second-order valence-corrected chi connectivity index (χ2v) is 7.77. The van der Waals surface area contributed by atoms with E-state index in [0.717, 1.165) is 6.42 Å². The smallest absolute Gasteiger partial charge is 0.243 e. The van der Waals surface area contributed by atoms with E-state index in [1.807, 2.05) is 6.92 Å². The molecule has 0 N–H and O–H groups in total. The van der Waals surface area contributed by atoms with Crippen molar-refractivity contribution in [3.05, 3.63) is 24.3 Å². The third-order valence-corrected chi connectivity index (χ3v) is 6.14. The molecule has 2 saturated heterocycles. The maximum Gasteiger partial charge on any atom is 0.243 e. The summed E-state index contributed by atoms with van der Waals surface area (Å²) < 4.78 is 43.7. The lowest BCUT2D eigenvalue weighted by molar-refractivity contribution is -0.179. The van der Waals surface area contributed by atoms with Gasteiger partial charge in [0.05, 0.1) is 24.7 Å². The van der Waals surface area contributed by atoms with Crippen LogP contribution in [0.15, 0.2) is 29.2 Å². The molecular weight excluding hydrogens is 318 g/mol. The second-order valence-electron chi connectivity index (χ2n) is 5.83. The minimum absolute atomic E-state index is 0.297. The Balaban J connectivity index is 1.67. The van der Waals surface area contributed by atoms with Gasteiger partial charge in [-0.15, -0.1) is 0 Å². The first kappa shape index (κ1) is 16.7. The third kappa shape index (κ3) is 3.52. The summed E-state index contributed by atoms with van der Waals surface area (Å²) in [6, 6.07) is 6.62. The van der Waals surface area contributed by atoms with Gasteiger partial charge in [0.2, 0.25) is 10.0 Å². The molecule has 1 aromatic rings. The number of piperidine rings is 1. The van der Waals surface area contributed by atoms with Gasteiger partial charge in [-0.1, -0.05) is 6.92 Å². The normalized spacial score (nSPS) is 21.6. The van der Waals surface area contributed by atoms with Crippen molar-refractivity contribution in [2.45, 2.75) is 36.9 Å². The summed E-state index contributed by atoms with van der Waals surface area (Å²) in [6.45, 7) is 4.66. The van der Waals surface area contributed by atoms with E-state index < -0.39 is 15.8 Å².